The Morgan fingerprint density at radius 3 is 1.60 bits per heavy atom. The molecular formula is C35H44N10O15. The number of fused-ring (bicyclic) bond motifs is 3. The van der Waals surface area contributed by atoms with Crippen LogP contribution in [-0.2, 0) is 38.4 Å². The lowest BCUT2D eigenvalue weighted by atomic mass is 10.1. The van der Waals surface area contributed by atoms with Gasteiger partial charge in [0.05, 0.1) is 12.7 Å². The summed E-state index contributed by atoms with van der Waals surface area (Å²) in [7, 11) is 0. The van der Waals surface area contributed by atoms with Crippen LogP contribution in [0.4, 0.5) is 23.1 Å². The second-order valence-electron chi connectivity index (χ2n) is 13.9. The number of benzene rings is 1. The molecule has 25 nitrogen and oxygen atoms in total. The molecule has 1 aromatic heterocycles. The van der Waals surface area contributed by atoms with Gasteiger partial charge in [-0.3, -0.25) is 33.8 Å². The predicted octanol–water partition coefficient (Wildman–Crippen LogP) is -2.47. The standard InChI is InChI=1S/C35H44N10O15/c36-35-42-28-27(30(52)43-35)45-15-44(14-18(45)13-37-28)17-3-1-16(2-4-17)29(51)41-22(34(59)60)7-11-25(48)39-20(32(55)56)5-9-23(46)38-19(31(53)54)6-10-24(47)40-21(33(57)58)8-12-26(49)50/h1-4,18-22H,5-15H2,(H,38,46)(H,39,48)(H,40,47)(H,41,51)(H,49,50)(H,53,54)(H,55,56)(H,57,58)(H,59,60)(H4,36,37,42,43,52)/t18-,19+,20+,21+,22+/m1/s1. The van der Waals surface area contributed by atoms with Crippen LogP contribution in [0.5, 0.6) is 0 Å². The zero-order chi connectivity index (χ0) is 44.3. The molecule has 2 aromatic rings. The van der Waals surface area contributed by atoms with E-state index in [0.29, 0.717) is 37.0 Å². The minimum Gasteiger partial charge on any atom is -0.481 e. The highest BCUT2D eigenvalue weighted by atomic mass is 16.4. The minimum absolute atomic E-state index is 0.0161. The first-order valence-electron chi connectivity index (χ1n) is 18.4. The second kappa shape index (κ2) is 20.3. The molecule has 0 unspecified atom stereocenters. The lowest BCUT2D eigenvalue weighted by Gasteiger charge is -2.31. The molecular weight excluding hydrogens is 800 g/mol. The Morgan fingerprint density at radius 1 is 0.700 bits per heavy atom. The highest BCUT2D eigenvalue weighted by Gasteiger charge is 2.37. The summed E-state index contributed by atoms with van der Waals surface area (Å²) in [5.41, 5.74) is 6.44. The number of carbonyl (C=O) groups is 9. The topological polar surface area (TPSA) is 393 Å². The Balaban J connectivity index is 1.23. The number of nitrogens with one attached hydrogen (secondary N) is 6. The third-order valence-electron chi connectivity index (χ3n) is 9.53. The van der Waals surface area contributed by atoms with Crippen molar-refractivity contribution < 1.29 is 68.7 Å². The van der Waals surface area contributed by atoms with Crippen LogP contribution in [0.2, 0.25) is 0 Å². The maximum atomic E-state index is 13.0. The summed E-state index contributed by atoms with van der Waals surface area (Å²) in [6.45, 7) is 1.38. The molecule has 13 N–H and O–H groups in total. The van der Waals surface area contributed by atoms with Gasteiger partial charge < -0.3 is 67.7 Å². The van der Waals surface area contributed by atoms with E-state index in [4.69, 9.17) is 15.9 Å². The fourth-order valence-corrected chi connectivity index (χ4v) is 6.40. The van der Waals surface area contributed by atoms with Crippen molar-refractivity contribution in [3.8, 4) is 0 Å². The lowest BCUT2D eigenvalue weighted by Crippen LogP contribution is -2.45. The number of nitrogens with two attached hydrogens (primary N) is 1. The molecule has 1 saturated heterocycles. The van der Waals surface area contributed by atoms with E-state index in [-0.39, 0.29) is 17.6 Å². The summed E-state index contributed by atoms with van der Waals surface area (Å²) in [5.74, 6) is -10.6. The highest BCUT2D eigenvalue weighted by molar-refractivity contribution is 5.97. The highest BCUT2D eigenvalue weighted by Crippen LogP contribution is 2.32. The van der Waals surface area contributed by atoms with Gasteiger partial charge >= 0.3 is 29.8 Å². The minimum atomic E-state index is -1.66. The quantitative estimate of drug-likeness (QED) is 0.0584. The van der Waals surface area contributed by atoms with Crippen molar-refractivity contribution in [3.05, 3.63) is 40.2 Å². The van der Waals surface area contributed by atoms with Crippen LogP contribution in [0.25, 0.3) is 0 Å². The largest absolute Gasteiger partial charge is 0.481 e. The molecule has 4 rings (SSSR count). The maximum Gasteiger partial charge on any atom is 0.326 e. The number of amides is 4. The smallest absolute Gasteiger partial charge is 0.326 e. The number of aliphatic carboxylic acids is 5. The van der Waals surface area contributed by atoms with Gasteiger partial charge in [-0.05, 0) is 49.9 Å². The van der Waals surface area contributed by atoms with Gasteiger partial charge in [0.1, 0.15) is 29.9 Å². The molecule has 2 aliphatic heterocycles. The average molecular weight is 845 g/mol. The van der Waals surface area contributed by atoms with E-state index in [9.17, 15) is 63.3 Å². The van der Waals surface area contributed by atoms with Gasteiger partial charge in [0.25, 0.3) is 11.5 Å². The van der Waals surface area contributed by atoms with Gasteiger partial charge in [0, 0.05) is 50.0 Å². The first kappa shape index (κ1) is 45.2. The van der Waals surface area contributed by atoms with Crippen molar-refractivity contribution in [1.29, 1.82) is 0 Å². The number of hydrogen-bond acceptors (Lipinski definition) is 15. The molecule has 0 aliphatic carbocycles. The van der Waals surface area contributed by atoms with Crippen molar-refractivity contribution in [2.75, 3.05) is 40.6 Å². The number of nitrogens with zero attached hydrogens (tertiary/aromatic N) is 3. The number of carbonyl (C=O) groups excluding carboxylic acids is 4. The zero-order valence-electron chi connectivity index (χ0n) is 31.7. The van der Waals surface area contributed by atoms with Crippen molar-refractivity contribution in [3.63, 3.8) is 0 Å². The SMILES string of the molecule is Nc1nc2c(c(=O)[nH]1)N1CN(c3ccc(C(=O)N[C@@H](CCC(=O)N[C@@H](CCC(=O)N[C@@H](CCC(=O)N[C@@H](CCC(=O)O)C(=O)O)C(=O)O)C(=O)O)C(=O)O)cc3)C[C@H]1CN2. The Morgan fingerprint density at radius 2 is 1.15 bits per heavy atom. The van der Waals surface area contributed by atoms with Gasteiger partial charge in [-0.1, -0.05) is 0 Å². The van der Waals surface area contributed by atoms with Crippen LogP contribution < -0.4 is 47.7 Å². The second-order valence-corrected chi connectivity index (χ2v) is 13.9. The number of carboxylic acids is 5. The summed E-state index contributed by atoms with van der Waals surface area (Å²) in [6.07, 6.45) is -4.19. The number of H-pyrrole nitrogens is 1. The van der Waals surface area contributed by atoms with Crippen molar-refractivity contribution >= 4 is 76.6 Å². The van der Waals surface area contributed by atoms with Gasteiger partial charge in [-0.2, -0.15) is 4.98 Å². The molecule has 1 aromatic carbocycles. The molecule has 3 heterocycles. The predicted molar refractivity (Wildman–Crippen MR) is 205 cm³/mol. The average Bonchev–Trinajstić information content (AvgIpc) is 3.62. The van der Waals surface area contributed by atoms with Crippen molar-refractivity contribution in [2.24, 2.45) is 0 Å². The van der Waals surface area contributed by atoms with Crippen LogP contribution in [0.15, 0.2) is 29.1 Å². The summed E-state index contributed by atoms with van der Waals surface area (Å²) in [6, 6.07) is -0.241. The van der Waals surface area contributed by atoms with Crippen molar-refractivity contribution in [1.82, 2.24) is 31.2 Å². The molecule has 1 fully saturated rings. The number of anilines is 4. The van der Waals surface area contributed by atoms with Crippen LogP contribution >= 0.6 is 0 Å². The molecule has 2 aliphatic rings. The van der Waals surface area contributed by atoms with E-state index >= 15 is 0 Å². The molecule has 0 bridgehead atoms. The maximum absolute atomic E-state index is 13.0. The van der Waals surface area contributed by atoms with E-state index in [1.165, 1.54) is 12.1 Å². The number of aromatic amines is 1. The zero-order valence-corrected chi connectivity index (χ0v) is 31.7. The molecule has 25 heteroatoms. The van der Waals surface area contributed by atoms with E-state index < -0.39 is 135 Å². The Kier molecular flexibility index (Phi) is 15.3. The van der Waals surface area contributed by atoms with Crippen LogP contribution in [0, 0.1) is 0 Å². The molecule has 5 atom stereocenters. The lowest BCUT2D eigenvalue weighted by molar-refractivity contribution is -0.144. The molecule has 0 spiro atoms. The van der Waals surface area contributed by atoms with E-state index in [2.05, 4.69) is 36.6 Å². The number of hydrogen-bond donors (Lipinski definition) is 12. The summed E-state index contributed by atoms with van der Waals surface area (Å²) in [5, 5.41) is 58.5. The van der Waals surface area contributed by atoms with Gasteiger partial charge in [-0.15, -0.1) is 0 Å². The van der Waals surface area contributed by atoms with E-state index in [1.54, 1.807) is 12.1 Å². The van der Waals surface area contributed by atoms with Gasteiger partial charge in [-0.25, -0.2) is 19.2 Å². The monoisotopic (exact) mass is 844 g/mol. The molecule has 0 saturated carbocycles. The van der Waals surface area contributed by atoms with Crippen molar-refractivity contribution in [2.45, 2.75) is 81.6 Å². The fraction of sp³-hybridized carbons (Fsp3) is 0.457. The number of rotatable bonds is 22. The molecule has 4 amide bonds. The first-order valence-corrected chi connectivity index (χ1v) is 18.4. The number of aromatic nitrogens is 2. The normalized spacial score (nSPS) is 16.0. The van der Waals surface area contributed by atoms with Gasteiger partial charge in [0.2, 0.25) is 23.7 Å². The number of carboxylic acid groups (broad SMARTS) is 5. The van der Waals surface area contributed by atoms with Gasteiger partial charge in [0.15, 0.2) is 5.82 Å². The first-order chi connectivity index (χ1) is 28.3. The summed E-state index contributed by atoms with van der Waals surface area (Å²) < 4.78 is 0. The Labute approximate surface area is 338 Å². The summed E-state index contributed by atoms with van der Waals surface area (Å²) >= 11 is 0. The van der Waals surface area contributed by atoms with E-state index in [0.717, 1.165) is 0 Å². The Hall–Kier alpha value is -7.47. The number of nitrogen functional groups attached to an aromatic ring is 1. The molecule has 60 heavy (non-hydrogen) atoms. The summed E-state index contributed by atoms with van der Waals surface area (Å²) in [4.78, 5) is 131. The van der Waals surface area contributed by atoms with E-state index in [1.807, 2.05) is 9.80 Å². The third kappa shape index (κ3) is 12.5. The molecule has 0 radical (unpaired) electrons. The Bertz CT molecular complexity index is 2060. The van der Waals surface area contributed by atoms with Crippen LogP contribution in [0.1, 0.15) is 61.7 Å². The van der Waals surface area contributed by atoms with Crippen LogP contribution in [-0.4, -0.2) is 139 Å². The fourth-order valence-electron chi connectivity index (χ4n) is 6.40. The molecule has 324 valence electrons. The van der Waals surface area contributed by atoms with Crippen LogP contribution in [0.3, 0.4) is 0 Å². The third-order valence-corrected chi connectivity index (χ3v) is 9.53.